The van der Waals surface area contributed by atoms with Gasteiger partial charge in [0.05, 0.1) is 5.41 Å². The zero-order valence-electron chi connectivity index (χ0n) is 39.2. The van der Waals surface area contributed by atoms with E-state index in [0.717, 1.165) is 17.1 Å². The molecule has 0 fully saturated rings. The van der Waals surface area contributed by atoms with E-state index in [2.05, 4.69) is 244 Å². The molecule has 0 radical (unpaired) electrons. The minimum absolute atomic E-state index is 0.00913. The molecular formula is C63H59N. The molecule has 0 heterocycles. The molecule has 1 nitrogen and oxygen atoms in total. The van der Waals surface area contributed by atoms with Gasteiger partial charge in [-0.05, 0) is 148 Å². The average Bonchev–Trinajstić information content (AvgIpc) is 3.84. The molecule has 0 saturated heterocycles. The van der Waals surface area contributed by atoms with Crippen LogP contribution in [0.5, 0.6) is 0 Å². The van der Waals surface area contributed by atoms with Gasteiger partial charge in [-0.15, -0.1) is 0 Å². The zero-order chi connectivity index (χ0) is 44.5. The second kappa shape index (κ2) is 14.0. The predicted octanol–water partition coefficient (Wildman–Crippen LogP) is 17.2. The molecule has 0 saturated carbocycles. The molecular weight excluding hydrogens is 771 g/mol. The van der Waals surface area contributed by atoms with Crippen molar-refractivity contribution in [3.8, 4) is 44.5 Å². The molecule has 64 heavy (non-hydrogen) atoms. The number of hydrogen-bond donors (Lipinski definition) is 0. The van der Waals surface area contributed by atoms with Crippen molar-refractivity contribution < 1.29 is 0 Å². The molecule has 3 aliphatic rings. The highest BCUT2D eigenvalue weighted by molar-refractivity contribution is 5.97. The Morgan fingerprint density at radius 3 is 1.28 bits per heavy atom. The van der Waals surface area contributed by atoms with E-state index in [0.29, 0.717) is 5.92 Å². The average molecular weight is 830 g/mol. The Labute approximate surface area is 381 Å². The van der Waals surface area contributed by atoms with Gasteiger partial charge in [0, 0.05) is 22.5 Å². The summed E-state index contributed by atoms with van der Waals surface area (Å²) in [5.41, 5.74) is 25.6. The first-order valence-corrected chi connectivity index (χ1v) is 23.4. The largest absolute Gasteiger partial charge is 0.310 e. The molecule has 8 aromatic rings. The highest BCUT2D eigenvalue weighted by atomic mass is 15.1. The molecule has 1 heteroatoms. The summed E-state index contributed by atoms with van der Waals surface area (Å²) in [6, 6.07) is 65.7. The van der Waals surface area contributed by atoms with Crippen LogP contribution in [0.1, 0.15) is 125 Å². The fourth-order valence-corrected chi connectivity index (χ4v) is 11.4. The number of hydrogen-bond acceptors (Lipinski definition) is 1. The monoisotopic (exact) mass is 829 g/mol. The van der Waals surface area contributed by atoms with Crippen molar-refractivity contribution in [1.82, 2.24) is 0 Å². The van der Waals surface area contributed by atoms with Crippen LogP contribution in [0.15, 0.2) is 170 Å². The summed E-state index contributed by atoms with van der Waals surface area (Å²) >= 11 is 0. The van der Waals surface area contributed by atoms with Crippen LogP contribution in [0, 0.1) is 0 Å². The van der Waals surface area contributed by atoms with E-state index in [-0.39, 0.29) is 16.2 Å². The van der Waals surface area contributed by atoms with Crippen molar-refractivity contribution in [3.63, 3.8) is 0 Å². The van der Waals surface area contributed by atoms with Gasteiger partial charge in [-0.2, -0.15) is 0 Å². The first-order chi connectivity index (χ1) is 30.6. The third kappa shape index (κ3) is 5.89. The lowest BCUT2D eigenvalue weighted by Crippen LogP contribution is -2.27. The summed E-state index contributed by atoms with van der Waals surface area (Å²) in [7, 11) is 0. The van der Waals surface area contributed by atoms with Crippen molar-refractivity contribution in [2.45, 2.75) is 96.8 Å². The fraction of sp³-hybridized carbons (Fsp3) is 0.238. The van der Waals surface area contributed by atoms with Crippen LogP contribution < -0.4 is 4.90 Å². The lowest BCUT2D eigenvalue weighted by atomic mass is 9.68. The van der Waals surface area contributed by atoms with E-state index in [1.807, 2.05) is 0 Å². The lowest BCUT2D eigenvalue weighted by molar-refractivity contribution is 0.586. The molecule has 1 spiro atoms. The summed E-state index contributed by atoms with van der Waals surface area (Å²) in [5.74, 6) is 0.501. The van der Waals surface area contributed by atoms with Crippen LogP contribution in [0.25, 0.3) is 44.5 Å². The number of rotatable bonds is 5. The zero-order valence-corrected chi connectivity index (χ0v) is 39.2. The van der Waals surface area contributed by atoms with Crippen LogP contribution in [-0.2, 0) is 21.7 Å². The molecule has 8 aromatic carbocycles. The fourth-order valence-electron chi connectivity index (χ4n) is 11.4. The first-order valence-electron chi connectivity index (χ1n) is 23.4. The second-order valence-electron chi connectivity index (χ2n) is 21.6. The van der Waals surface area contributed by atoms with E-state index in [4.69, 9.17) is 0 Å². The van der Waals surface area contributed by atoms with Crippen molar-refractivity contribution >= 4 is 17.1 Å². The Bertz CT molecular complexity index is 3100. The van der Waals surface area contributed by atoms with Crippen LogP contribution in [0.3, 0.4) is 0 Å². The highest BCUT2D eigenvalue weighted by Gasteiger charge is 2.52. The molecule has 316 valence electrons. The molecule has 11 rings (SSSR count). The van der Waals surface area contributed by atoms with Gasteiger partial charge in [0.2, 0.25) is 0 Å². The van der Waals surface area contributed by atoms with E-state index in [9.17, 15) is 0 Å². The maximum atomic E-state index is 2.55. The maximum absolute atomic E-state index is 2.55. The second-order valence-corrected chi connectivity index (χ2v) is 21.6. The first kappa shape index (κ1) is 40.3. The SMILES string of the molecule is CC(C)c1ccc(-c2ccc(N(c3ccc4c(c3)C(C)(C)c3ccccc3-4)c3ccc4c(c3)C3(c5ccccc5-4)c4cc(C(C)(C)C)ccc4-c4ccc(C(C)(C)C)cc43)cc2)cc1. The Morgan fingerprint density at radius 1 is 0.375 bits per heavy atom. The topological polar surface area (TPSA) is 3.24 Å². The minimum Gasteiger partial charge on any atom is -0.310 e. The summed E-state index contributed by atoms with van der Waals surface area (Å²) in [6.07, 6.45) is 0. The Hall–Kier alpha value is -6.44. The third-order valence-corrected chi connectivity index (χ3v) is 15.0. The predicted molar refractivity (Wildman–Crippen MR) is 272 cm³/mol. The van der Waals surface area contributed by atoms with Gasteiger partial charge in [-0.25, -0.2) is 0 Å². The number of nitrogens with zero attached hydrogens (tertiary/aromatic N) is 1. The van der Waals surface area contributed by atoms with E-state index in [1.54, 1.807) is 0 Å². The maximum Gasteiger partial charge on any atom is 0.0726 e. The molecule has 0 aliphatic heterocycles. The standard InChI is InChI=1S/C63H59N/c1-39(2)40-19-21-41(22-20-40)42-23-27-45(28-24-42)64(46-29-33-50-48-15-11-13-17-54(48)62(9,10)56(50)37-46)47-30-34-53-49-16-12-14-18-55(49)63(59(53)38-47)57-35-43(60(3,4)5)25-31-51(57)52-32-26-44(36-58(52)63)61(6,7)8/h11-39H,1-10H3. The van der Waals surface area contributed by atoms with Gasteiger partial charge < -0.3 is 4.90 Å². The van der Waals surface area contributed by atoms with Crippen LogP contribution in [0.2, 0.25) is 0 Å². The van der Waals surface area contributed by atoms with E-state index < -0.39 is 5.41 Å². The van der Waals surface area contributed by atoms with Gasteiger partial charge in [0.15, 0.2) is 0 Å². The molecule has 0 bridgehead atoms. The molecule has 0 amide bonds. The van der Waals surface area contributed by atoms with Gasteiger partial charge >= 0.3 is 0 Å². The van der Waals surface area contributed by atoms with Crippen molar-refractivity contribution in [2.24, 2.45) is 0 Å². The number of anilines is 3. The van der Waals surface area contributed by atoms with Gasteiger partial charge in [0.25, 0.3) is 0 Å². The van der Waals surface area contributed by atoms with Gasteiger partial charge in [-0.3, -0.25) is 0 Å². The van der Waals surface area contributed by atoms with Crippen LogP contribution in [0.4, 0.5) is 17.1 Å². The summed E-state index contributed by atoms with van der Waals surface area (Å²) in [5, 5.41) is 0. The quantitative estimate of drug-likeness (QED) is 0.167. The minimum atomic E-state index is -0.492. The van der Waals surface area contributed by atoms with Crippen molar-refractivity contribution in [3.05, 3.63) is 220 Å². The van der Waals surface area contributed by atoms with Gasteiger partial charge in [0.1, 0.15) is 0 Å². The van der Waals surface area contributed by atoms with Gasteiger partial charge in [-0.1, -0.05) is 203 Å². The van der Waals surface area contributed by atoms with Crippen molar-refractivity contribution in [1.29, 1.82) is 0 Å². The van der Waals surface area contributed by atoms with E-state index in [1.165, 1.54) is 94.6 Å². The van der Waals surface area contributed by atoms with Crippen molar-refractivity contribution in [2.75, 3.05) is 4.90 Å². The lowest BCUT2D eigenvalue weighted by Gasteiger charge is -2.34. The van der Waals surface area contributed by atoms with Crippen LogP contribution >= 0.6 is 0 Å². The Balaban J connectivity index is 1.16. The Kier molecular flexibility index (Phi) is 8.84. The molecule has 3 aliphatic carbocycles. The van der Waals surface area contributed by atoms with E-state index >= 15 is 0 Å². The summed E-state index contributed by atoms with van der Waals surface area (Å²) < 4.78 is 0. The molecule has 0 N–H and O–H groups in total. The summed E-state index contributed by atoms with van der Waals surface area (Å²) in [6.45, 7) is 23.3. The molecule has 0 aromatic heterocycles. The summed E-state index contributed by atoms with van der Waals surface area (Å²) in [4.78, 5) is 2.51. The number of benzene rings is 8. The number of fused-ring (bicyclic) bond motifs is 13. The molecule has 0 unspecified atom stereocenters. The van der Waals surface area contributed by atoms with Crippen LogP contribution in [-0.4, -0.2) is 0 Å². The smallest absolute Gasteiger partial charge is 0.0726 e. The Morgan fingerprint density at radius 2 is 0.766 bits per heavy atom. The normalized spacial score (nSPS) is 14.8. The third-order valence-electron chi connectivity index (χ3n) is 15.0. The molecule has 0 atom stereocenters. The highest BCUT2D eigenvalue weighted by Crippen LogP contribution is 2.64.